The van der Waals surface area contributed by atoms with Crippen LogP contribution in [0.2, 0.25) is 0 Å². The largest absolute Gasteiger partial charge is 0.367 e. The minimum absolute atomic E-state index is 0.0856. The summed E-state index contributed by atoms with van der Waals surface area (Å²) in [5, 5.41) is 12.1. The van der Waals surface area contributed by atoms with Crippen LogP contribution in [0.25, 0.3) is 20.5 Å². The molecule has 0 bridgehead atoms. The summed E-state index contributed by atoms with van der Waals surface area (Å²) in [6.07, 6.45) is -0.0934. The van der Waals surface area contributed by atoms with Crippen molar-refractivity contribution in [1.82, 2.24) is 4.90 Å². The van der Waals surface area contributed by atoms with Gasteiger partial charge >= 0.3 is 0 Å². The molecule has 0 saturated carbocycles. The molecule has 174 valence electrons. The molecule has 0 radical (unpaired) electrons. The molecular weight excluding hydrogens is 451 g/mol. The highest BCUT2D eigenvalue weighted by Crippen LogP contribution is 2.43. The van der Waals surface area contributed by atoms with Gasteiger partial charge < -0.3 is 9.64 Å². The Morgan fingerprint density at radius 1 is 1.09 bits per heavy atom. The van der Waals surface area contributed by atoms with Crippen LogP contribution in [0.5, 0.6) is 0 Å². The van der Waals surface area contributed by atoms with Gasteiger partial charge in [-0.2, -0.15) is 0 Å². The highest BCUT2D eigenvalue weighted by atomic mass is 32.1. The van der Waals surface area contributed by atoms with E-state index in [2.05, 4.69) is 50.2 Å². The van der Waals surface area contributed by atoms with Crippen LogP contribution in [0.1, 0.15) is 35.6 Å². The van der Waals surface area contributed by atoms with Gasteiger partial charge in [-0.15, -0.1) is 11.3 Å². The summed E-state index contributed by atoms with van der Waals surface area (Å²) >= 11 is 1.56. The second-order valence-corrected chi connectivity index (χ2v) is 10.1. The van der Waals surface area contributed by atoms with Gasteiger partial charge in [-0.3, -0.25) is 10.1 Å². The first kappa shape index (κ1) is 22.7. The molecule has 1 aliphatic heterocycles. The van der Waals surface area contributed by atoms with Gasteiger partial charge in [-0.25, -0.2) is 4.39 Å². The molecule has 0 amide bonds. The van der Waals surface area contributed by atoms with Crippen LogP contribution in [0.15, 0.2) is 66.7 Å². The summed E-state index contributed by atoms with van der Waals surface area (Å²) in [6.45, 7) is 2.69. The lowest BCUT2D eigenvalue weighted by molar-refractivity contribution is -0.384. The second kappa shape index (κ2) is 8.91. The van der Waals surface area contributed by atoms with Gasteiger partial charge in [-0.1, -0.05) is 31.2 Å². The Hall–Kier alpha value is -3.13. The number of fused-ring (bicyclic) bond motifs is 2. The quantitative estimate of drug-likeness (QED) is 0.224. The molecule has 1 aromatic heterocycles. The fourth-order valence-corrected chi connectivity index (χ4v) is 6.02. The molecule has 0 N–H and O–H groups in total. The zero-order valence-electron chi connectivity index (χ0n) is 19.2. The van der Waals surface area contributed by atoms with E-state index in [1.54, 1.807) is 29.5 Å². The number of non-ortho nitro benzene ring substituents is 1. The van der Waals surface area contributed by atoms with E-state index in [0.717, 1.165) is 31.7 Å². The molecule has 5 nitrogen and oxygen atoms in total. The molecule has 3 unspecified atom stereocenters. The predicted octanol–water partition coefficient (Wildman–Crippen LogP) is 6.92. The minimum Gasteiger partial charge on any atom is -0.367 e. The van der Waals surface area contributed by atoms with Crippen LogP contribution in [0.4, 0.5) is 10.1 Å². The Balaban J connectivity index is 1.45. The van der Waals surface area contributed by atoms with Gasteiger partial charge in [-0.05, 0) is 78.0 Å². The van der Waals surface area contributed by atoms with Crippen molar-refractivity contribution in [3.63, 3.8) is 0 Å². The third-order valence-electron chi connectivity index (χ3n) is 6.68. The van der Waals surface area contributed by atoms with Gasteiger partial charge in [0.2, 0.25) is 0 Å². The maximum atomic E-state index is 13.4. The number of benzene rings is 3. The number of thiophene rings is 1. The molecule has 0 saturated heterocycles. The van der Waals surface area contributed by atoms with Crippen molar-refractivity contribution in [2.45, 2.75) is 31.6 Å². The molecule has 2 heterocycles. The lowest BCUT2D eigenvalue weighted by Crippen LogP contribution is -2.38. The van der Waals surface area contributed by atoms with E-state index in [-0.39, 0.29) is 34.5 Å². The Labute approximate surface area is 201 Å². The van der Waals surface area contributed by atoms with Gasteiger partial charge in [0.05, 0.1) is 17.6 Å². The van der Waals surface area contributed by atoms with Crippen LogP contribution in [0, 0.1) is 15.9 Å². The van der Waals surface area contributed by atoms with E-state index < -0.39 is 0 Å². The maximum absolute atomic E-state index is 13.4. The zero-order chi connectivity index (χ0) is 24.0. The van der Waals surface area contributed by atoms with Crippen LogP contribution in [0.3, 0.4) is 0 Å². The molecule has 7 heteroatoms. The topological polar surface area (TPSA) is 55.6 Å². The number of hydrogen-bond donors (Lipinski definition) is 0. The Bertz CT molecular complexity index is 1370. The Morgan fingerprint density at radius 2 is 1.85 bits per heavy atom. The molecule has 34 heavy (non-hydrogen) atoms. The standard InChI is InChI=1S/C27H25FN2O3S/c1-16(17-4-8-21(28)9-5-17)26(29(2)3)27-23-11-7-18(12-20(23)15-33-27)24-13-19-6-10-22(30(31)32)14-25(19)34-24/h4-14,16,26-27H,15H2,1-3H3. The van der Waals surface area contributed by atoms with Gasteiger partial charge in [0.1, 0.15) is 5.82 Å². The highest BCUT2D eigenvalue weighted by molar-refractivity contribution is 7.22. The Kier molecular flexibility index (Phi) is 5.93. The van der Waals surface area contributed by atoms with Crippen LogP contribution < -0.4 is 0 Å². The number of likely N-dealkylation sites (N-methyl/N-ethyl adjacent to an activating group) is 1. The van der Waals surface area contributed by atoms with Gasteiger partial charge in [0, 0.05) is 27.8 Å². The number of nitro benzene ring substituents is 1. The summed E-state index contributed by atoms with van der Waals surface area (Å²) in [6, 6.07) is 20.3. The lowest BCUT2D eigenvalue weighted by atomic mass is 9.85. The lowest BCUT2D eigenvalue weighted by Gasteiger charge is -2.35. The fourth-order valence-electron chi connectivity index (χ4n) is 4.93. The number of halogens is 1. The molecular formula is C27H25FN2O3S. The first-order valence-electron chi connectivity index (χ1n) is 11.2. The number of rotatable bonds is 6. The first-order chi connectivity index (χ1) is 16.3. The minimum atomic E-state index is -0.361. The summed E-state index contributed by atoms with van der Waals surface area (Å²) in [5.41, 5.74) is 4.60. The van der Waals surface area contributed by atoms with E-state index in [0.29, 0.717) is 6.61 Å². The summed E-state index contributed by atoms with van der Waals surface area (Å²) < 4.78 is 20.7. The Morgan fingerprint density at radius 3 is 2.56 bits per heavy atom. The molecule has 0 spiro atoms. The van der Waals surface area contributed by atoms with E-state index in [1.165, 1.54) is 17.7 Å². The maximum Gasteiger partial charge on any atom is 0.270 e. The highest BCUT2D eigenvalue weighted by Gasteiger charge is 2.36. The monoisotopic (exact) mass is 476 g/mol. The third-order valence-corrected chi connectivity index (χ3v) is 7.83. The molecule has 4 aromatic rings. The van der Waals surface area contributed by atoms with E-state index in [9.17, 15) is 14.5 Å². The normalized spacial score (nSPS) is 17.1. The van der Waals surface area contributed by atoms with Gasteiger partial charge in [0.25, 0.3) is 5.69 Å². The molecule has 0 fully saturated rings. The van der Waals surface area contributed by atoms with Crippen LogP contribution in [-0.4, -0.2) is 30.0 Å². The number of hydrogen-bond acceptors (Lipinski definition) is 5. The average molecular weight is 477 g/mol. The third kappa shape index (κ3) is 4.11. The van der Waals surface area contributed by atoms with Crippen molar-refractivity contribution in [3.8, 4) is 10.4 Å². The fraction of sp³-hybridized carbons (Fsp3) is 0.259. The second-order valence-electron chi connectivity index (χ2n) is 9.03. The predicted molar refractivity (Wildman–Crippen MR) is 134 cm³/mol. The number of nitrogens with zero attached hydrogens (tertiary/aromatic N) is 2. The number of nitro groups is 1. The summed E-state index contributed by atoms with van der Waals surface area (Å²) in [7, 11) is 4.10. The summed E-state index contributed by atoms with van der Waals surface area (Å²) in [4.78, 5) is 14.0. The molecule has 1 aliphatic rings. The van der Waals surface area contributed by atoms with Crippen molar-refractivity contribution in [3.05, 3.63) is 99.4 Å². The van der Waals surface area contributed by atoms with E-state index in [4.69, 9.17) is 4.74 Å². The molecule has 3 atom stereocenters. The first-order valence-corrected chi connectivity index (χ1v) is 12.0. The zero-order valence-corrected chi connectivity index (χ0v) is 20.0. The molecule has 5 rings (SSSR count). The van der Waals surface area contributed by atoms with E-state index in [1.807, 2.05) is 12.1 Å². The van der Waals surface area contributed by atoms with Crippen molar-refractivity contribution >= 4 is 27.1 Å². The van der Waals surface area contributed by atoms with Gasteiger partial charge in [0.15, 0.2) is 0 Å². The molecule has 0 aliphatic carbocycles. The van der Waals surface area contributed by atoms with Crippen molar-refractivity contribution < 1.29 is 14.1 Å². The van der Waals surface area contributed by atoms with Crippen molar-refractivity contribution in [2.75, 3.05) is 14.1 Å². The van der Waals surface area contributed by atoms with Crippen LogP contribution >= 0.6 is 11.3 Å². The smallest absolute Gasteiger partial charge is 0.270 e. The SMILES string of the molecule is CC(c1ccc(F)cc1)C(C1OCc2cc(-c3cc4ccc([N+](=O)[O-])cc4s3)ccc21)N(C)C. The van der Waals surface area contributed by atoms with Crippen molar-refractivity contribution in [2.24, 2.45) is 0 Å². The van der Waals surface area contributed by atoms with Crippen LogP contribution in [-0.2, 0) is 11.3 Å². The summed E-state index contributed by atoms with van der Waals surface area (Å²) in [5.74, 6) is -0.0900. The number of ether oxygens (including phenoxy) is 1. The average Bonchev–Trinajstić information content (AvgIpc) is 3.43. The molecule has 3 aromatic carbocycles. The van der Waals surface area contributed by atoms with E-state index >= 15 is 0 Å². The van der Waals surface area contributed by atoms with Crippen molar-refractivity contribution in [1.29, 1.82) is 0 Å².